The van der Waals surface area contributed by atoms with Crippen LogP contribution in [0.15, 0.2) is 36.5 Å². The molecular formula is C12H6F2IN3. The van der Waals surface area contributed by atoms with E-state index in [0.717, 1.165) is 3.57 Å². The van der Waals surface area contributed by atoms with Crippen LogP contribution < -0.4 is 0 Å². The summed E-state index contributed by atoms with van der Waals surface area (Å²) in [5.74, 6) is -1.14. The molecule has 3 nitrogen and oxygen atoms in total. The highest BCUT2D eigenvalue weighted by molar-refractivity contribution is 14.1. The highest BCUT2D eigenvalue weighted by Crippen LogP contribution is 2.25. The molecule has 3 rings (SSSR count). The van der Waals surface area contributed by atoms with Crippen molar-refractivity contribution in [3.8, 4) is 11.4 Å². The molecular weight excluding hydrogens is 351 g/mol. The molecule has 0 atom stereocenters. The van der Waals surface area contributed by atoms with Gasteiger partial charge in [0.25, 0.3) is 0 Å². The first kappa shape index (κ1) is 11.5. The minimum absolute atomic E-state index is 0.161. The molecule has 0 radical (unpaired) electrons. The molecule has 0 fully saturated rings. The van der Waals surface area contributed by atoms with Crippen molar-refractivity contribution in [2.45, 2.75) is 0 Å². The van der Waals surface area contributed by atoms with Crippen molar-refractivity contribution in [1.29, 1.82) is 0 Å². The second-order valence-corrected chi connectivity index (χ2v) is 4.94. The molecule has 6 heteroatoms. The first-order valence-corrected chi connectivity index (χ1v) is 6.19. The third-order valence-corrected chi connectivity index (χ3v) is 3.23. The van der Waals surface area contributed by atoms with Gasteiger partial charge in [0.1, 0.15) is 11.6 Å². The maximum Gasteiger partial charge on any atom is 0.174 e. The normalized spacial score (nSPS) is 11.1. The number of aromatic nitrogens is 3. The van der Waals surface area contributed by atoms with Gasteiger partial charge < -0.3 is 0 Å². The predicted octanol–water partition coefficient (Wildman–Crippen LogP) is 3.28. The van der Waals surface area contributed by atoms with Crippen LogP contribution in [-0.4, -0.2) is 14.6 Å². The lowest BCUT2D eigenvalue weighted by Crippen LogP contribution is -1.95. The van der Waals surface area contributed by atoms with Gasteiger partial charge >= 0.3 is 0 Å². The summed E-state index contributed by atoms with van der Waals surface area (Å²) in [5, 5.41) is 7.77. The molecule has 0 aliphatic rings. The SMILES string of the molecule is Fc1cccc(F)c1-c1nnc2cc(I)ccn12. The van der Waals surface area contributed by atoms with Crippen molar-refractivity contribution >= 4 is 28.2 Å². The van der Waals surface area contributed by atoms with Crippen molar-refractivity contribution < 1.29 is 8.78 Å². The Hall–Kier alpha value is -1.57. The second-order valence-electron chi connectivity index (χ2n) is 3.69. The van der Waals surface area contributed by atoms with Gasteiger partial charge in [0.05, 0.1) is 5.56 Å². The summed E-state index contributed by atoms with van der Waals surface area (Å²) in [6, 6.07) is 7.33. The van der Waals surface area contributed by atoms with E-state index >= 15 is 0 Å². The van der Waals surface area contributed by atoms with Crippen molar-refractivity contribution in [2.24, 2.45) is 0 Å². The number of halogens is 3. The van der Waals surface area contributed by atoms with E-state index in [2.05, 4.69) is 32.8 Å². The van der Waals surface area contributed by atoms with E-state index in [1.165, 1.54) is 18.2 Å². The Morgan fingerprint density at radius 1 is 1.06 bits per heavy atom. The van der Waals surface area contributed by atoms with E-state index in [-0.39, 0.29) is 11.4 Å². The predicted molar refractivity (Wildman–Crippen MR) is 71.1 cm³/mol. The Bertz CT molecular complexity index is 719. The molecule has 1 aromatic carbocycles. The summed E-state index contributed by atoms with van der Waals surface area (Å²) < 4.78 is 29.9. The molecule has 0 spiro atoms. The molecule has 0 bridgehead atoms. The Balaban J connectivity index is 2.32. The molecule has 0 saturated heterocycles. The number of hydrogen-bond acceptors (Lipinski definition) is 2. The zero-order valence-corrected chi connectivity index (χ0v) is 11.1. The van der Waals surface area contributed by atoms with Gasteiger partial charge in [-0.25, -0.2) is 8.78 Å². The lowest BCUT2D eigenvalue weighted by molar-refractivity contribution is 0.587. The van der Waals surface area contributed by atoms with Crippen LogP contribution in [0.1, 0.15) is 0 Å². The van der Waals surface area contributed by atoms with Crippen molar-refractivity contribution in [2.75, 3.05) is 0 Å². The van der Waals surface area contributed by atoms with Gasteiger partial charge in [-0.1, -0.05) is 6.07 Å². The summed E-state index contributed by atoms with van der Waals surface area (Å²) in [5.41, 5.74) is 0.394. The molecule has 0 aliphatic carbocycles. The quantitative estimate of drug-likeness (QED) is 0.626. The van der Waals surface area contributed by atoms with Crippen molar-refractivity contribution in [1.82, 2.24) is 14.6 Å². The van der Waals surface area contributed by atoms with Crippen LogP contribution in [0.5, 0.6) is 0 Å². The second kappa shape index (κ2) is 4.27. The highest BCUT2D eigenvalue weighted by Gasteiger charge is 2.16. The van der Waals surface area contributed by atoms with Gasteiger partial charge in [0.15, 0.2) is 11.5 Å². The maximum atomic E-state index is 13.7. The number of benzene rings is 1. The lowest BCUT2D eigenvalue weighted by atomic mass is 10.2. The molecule has 0 unspecified atom stereocenters. The molecule has 3 aromatic rings. The van der Waals surface area contributed by atoms with Gasteiger partial charge in [-0.2, -0.15) is 0 Å². The molecule has 0 aliphatic heterocycles. The number of hydrogen-bond donors (Lipinski definition) is 0. The van der Waals surface area contributed by atoms with E-state index in [0.29, 0.717) is 5.65 Å². The first-order chi connectivity index (χ1) is 8.66. The summed E-state index contributed by atoms with van der Waals surface area (Å²) in [6.45, 7) is 0. The summed E-state index contributed by atoms with van der Waals surface area (Å²) in [7, 11) is 0. The third-order valence-electron chi connectivity index (χ3n) is 2.56. The first-order valence-electron chi connectivity index (χ1n) is 5.11. The van der Waals surface area contributed by atoms with Crippen LogP contribution in [0, 0.1) is 15.2 Å². The van der Waals surface area contributed by atoms with Crippen LogP contribution >= 0.6 is 22.6 Å². The van der Waals surface area contributed by atoms with Crippen LogP contribution in [0.4, 0.5) is 8.78 Å². The van der Waals surface area contributed by atoms with Crippen LogP contribution in [0.2, 0.25) is 0 Å². The average Bonchev–Trinajstić information content (AvgIpc) is 2.72. The van der Waals surface area contributed by atoms with E-state index < -0.39 is 11.6 Å². The van der Waals surface area contributed by atoms with E-state index in [9.17, 15) is 8.78 Å². The Morgan fingerprint density at radius 3 is 2.50 bits per heavy atom. The lowest BCUT2D eigenvalue weighted by Gasteiger charge is -2.03. The smallest absolute Gasteiger partial charge is 0.174 e. The van der Waals surface area contributed by atoms with Crippen LogP contribution in [0.3, 0.4) is 0 Å². The molecule has 0 saturated carbocycles. The van der Waals surface area contributed by atoms with E-state index in [1.54, 1.807) is 16.7 Å². The van der Waals surface area contributed by atoms with Crippen molar-refractivity contribution in [3.05, 3.63) is 51.7 Å². The fourth-order valence-corrected chi connectivity index (χ4v) is 2.19. The van der Waals surface area contributed by atoms with Gasteiger partial charge in [0, 0.05) is 9.77 Å². The van der Waals surface area contributed by atoms with Crippen molar-refractivity contribution in [3.63, 3.8) is 0 Å². The third kappa shape index (κ3) is 1.76. The van der Waals surface area contributed by atoms with Crippen LogP contribution in [0.25, 0.3) is 17.0 Å². The highest BCUT2D eigenvalue weighted by atomic mass is 127. The standard InChI is InChI=1S/C12H6F2IN3/c13-8-2-1-3-9(14)11(8)12-17-16-10-6-7(15)4-5-18(10)12/h1-6H. The topological polar surface area (TPSA) is 30.2 Å². The van der Waals surface area contributed by atoms with E-state index in [4.69, 9.17) is 0 Å². The fourth-order valence-electron chi connectivity index (χ4n) is 1.75. The van der Waals surface area contributed by atoms with Gasteiger partial charge in [-0.15, -0.1) is 10.2 Å². The number of fused-ring (bicyclic) bond motifs is 1. The van der Waals surface area contributed by atoms with Gasteiger partial charge in [-0.3, -0.25) is 4.40 Å². The molecule has 90 valence electrons. The Kier molecular flexibility index (Phi) is 2.73. The number of pyridine rings is 1. The van der Waals surface area contributed by atoms with Gasteiger partial charge in [-0.05, 0) is 46.9 Å². The Morgan fingerprint density at radius 2 is 1.78 bits per heavy atom. The Labute approximate surface area is 115 Å². The molecule has 2 aromatic heterocycles. The number of rotatable bonds is 1. The van der Waals surface area contributed by atoms with E-state index in [1.807, 2.05) is 6.07 Å². The maximum absolute atomic E-state index is 13.7. The average molecular weight is 357 g/mol. The fraction of sp³-hybridized carbons (Fsp3) is 0. The van der Waals surface area contributed by atoms with Crippen LogP contribution in [-0.2, 0) is 0 Å². The minimum Gasteiger partial charge on any atom is -0.282 e. The number of nitrogens with zero attached hydrogens (tertiary/aromatic N) is 3. The summed E-state index contributed by atoms with van der Waals surface area (Å²) >= 11 is 2.14. The largest absolute Gasteiger partial charge is 0.282 e. The van der Waals surface area contributed by atoms with Gasteiger partial charge in [0.2, 0.25) is 0 Å². The zero-order chi connectivity index (χ0) is 12.7. The molecule has 2 heterocycles. The molecule has 0 N–H and O–H groups in total. The minimum atomic E-state index is -0.650. The zero-order valence-electron chi connectivity index (χ0n) is 8.94. The summed E-state index contributed by atoms with van der Waals surface area (Å²) in [6.07, 6.45) is 1.69. The summed E-state index contributed by atoms with van der Waals surface area (Å²) in [4.78, 5) is 0. The molecule has 0 amide bonds. The molecule has 18 heavy (non-hydrogen) atoms. The monoisotopic (exact) mass is 357 g/mol.